The van der Waals surface area contributed by atoms with Gasteiger partial charge in [-0.3, -0.25) is 38.6 Å². The number of rotatable bonds is 7. The predicted molar refractivity (Wildman–Crippen MR) is 221 cm³/mol. The van der Waals surface area contributed by atoms with Crippen LogP contribution in [-0.2, 0) is 19.2 Å². The summed E-state index contributed by atoms with van der Waals surface area (Å²) in [7, 11) is 0. The highest BCUT2D eigenvalue weighted by Gasteiger charge is 2.62. The number of phenolic OH excluding ortho intramolecular Hbond substituents is 1. The molecule has 0 radical (unpaired) electrons. The maximum absolute atomic E-state index is 14.7. The highest BCUT2D eigenvalue weighted by Crippen LogP contribution is 2.59. The fourth-order valence-corrected chi connectivity index (χ4v) is 10.0. The van der Waals surface area contributed by atoms with Gasteiger partial charge in [-0.25, -0.2) is 0 Å². The van der Waals surface area contributed by atoms with Gasteiger partial charge in [0, 0.05) is 39.1 Å². The van der Waals surface area contributed by atoms with Crippen molar-refractivity contribution in [1.82, 2.24) is 0 Å². The Kier molecular flexibility index (Phi) is 8.56. The first-order valence-corrected chi connectivity index (χ1v) is 19.8. The third-order valence-corrected chi connectivity index (χ3v) is 12.8. The average Bonchev–Trinajstić information content (AvgIpc) is 3.69. The van der Waals surface area contributed by atoms with Crippen molar-refractivity contribution in [1.29, 1.82) is 0 Å². The molecule has 6 unspecified atom stereocenters. The Balaban J connectivity index is 1.01. The van der Waals surface area contributed by atoms with Crippen LogP contribution in [0.3, 0.4) is 0 Å². The van der Waals surface area contributed by atoms with E-state index >= 15 is 0 Å². The van der Waals surface area contributed by atoms with Gasteiger partial charge in [0.2, 0.25) is 23.6 Å². The van der Waals surface area contributed by atoms with E-state index < -0.39 is 53.2 Å². The van der Waals surface area contributed by atoms with Crippen LogP contribution in [0.25, 0.3) is 10.8 Å². The van der Waals surface area contributed by atoms with Crippen molar-refractivity contribution in [3.8, 4) is 5.75 Å². The van der Waals surface area contributed by atoms with Crippen molar-refractivity contribution >= 4 is 57.3 Å². The molecule has 0 spiro atoms. The Bertz CT molecular complexity index is 2780. The number of anilines is 2. The number of carbonyl (C=O) groups is 6. The van der Waals surface area contributed by atoms with Crippen molar-refractivity contribution in [2.75, 3.05) is 9.80 Å². The van der Waals surface area contributed by atoms with E-state index in [1.54, 1.807) is 109 Å². The van der Waals surface area contributed by atoms with Crippen LogP contribution in [-0.4, -0.2) is 40.3 Å². The Hall–Kier alpha value is -7.26. The normalized spacial score (nSPS) is 23.5. The number of allylic oxidation sites excluding steroid dienone is 2. The zero-order valence-electron chi connectivity index (χ0n) is 31.6. The maximum atomic E-state index is 14.7. The van der Waals surface area contributed by atoms with Gasteiger partial charge in [-0.15, -0.1) is 0 Å². The van der Waals surface area contributed by atoms with Gasteiger partial charge in [0.1, 0.15) is 5.75 Å². The van der Waals surface area contributed by atoms with E-state index in [2.05, 4.69) is 0 Å². The first-order valence-electron chi connectivity index (χ1n) is 19.8. The summed E-state index contributed by atoms with van der Waals surface area (Å²) in [5.74, 6) is -6.57. The number of hydrogen-bond donors (Lipinski definition) is 1. The Labute approximate surface area is 339 Å². The van der Waals surface area contributed by atoms with Crippen LogP contribution in [0.5, 0.6) is 5.75 Å². The molecule has 1 saturated carbocycles. The highest BCUT2D eigenvalue weighted by molar-refractivity contribution is 6.24. The Morgan fingerprint density at radius 1 is 0.492 bits per heavy atom. The van der Waals surface area contributed by atoms with Gasteiger partial charge in [0.05, 0.1) is 35.0 Å². The molecule has 10 rings (SSSR count). The lowest BCUT2D eigenvalue weighted by Gasteiger charge is -2.44. The minimum absolute atomic E-state index is 0.00130. The number of hydrogen-bond acceptors (Lipinski definition) is 7. The monoisotopic (exact) mass is 776 g/mol. The van der Waals surface area contributed by atoms with E-state index in [9.17, 15) is 33.9 Å². The fraction of sp³-hybridized carbons (Fsp3) is 0.160. The lowest BCUT2D eigenvalue weighted by molar-refractivity contribution is -0.126. The van der Waals surface area contributed by atoms with Crippen LogP contribution in [0.15, 0.2) is 157 Å². The Morgan fingerprint density at radius 3 is 1.56 bits per heavy atom. The molecule has 2 saturated heterocycles. The fourth-order valence-electron chi connectivity index (χ4n) is 10.0. The summed E-state index contributed by atoms with van der Waals surface area (Å²) in [5, 5.41) is 13.3. The van der Waals surface area contributed by atoms with Crippen molar-refractivity contribution < 1.29 is 33.9 Å². The van der Waals surface area contributed by atoms with Crippen LogP contribution in [0.1, 0.15) is 56.2 Å². The van der Waals surface area contributed by atoms with E-state index in [4.69, 9.17) is 0 Å². The molecule has 6 atom stereocenters. The van der Waals surface area contributed by atoms with Crippen molar-refractivity contribution in [3.63, 3.8) is 0 Å². The molecule has 4 amide bonds. The predicted octanol–water partition coefficient (Wildman–Crippen LogP) is 8.05. The molecule has 2 heterocycles. The van der Waals surface area contributed by atoms with Gasteiger partial charge in [-0.05, 0) is 72.7 Å². The molecule has 6 aromatic carbocycles. The molecular weight excluding hydrogens is 741 g/mol. The summed E-state index contributed by atoms with van der Waals surface area (Å²) in [6, 6.07) is 41.6. The molecule has 59 heavy (non-hydrogen) atoms. The number of carbonyl (C=O) groups excluding carboxylic acids is 6. The van der Waals surface area contributed by atoms with Gasteiger partial charge >= 0.3 is 0 Å². The van der Waals surface area contributed by atoms with E-state index in [1.165, 1.54) is 9.80 Å². The Morgan fingerprint density at radius 2 is 0.983 bits per heavy atom. The molecule has 9 nitrogen and oxygen atoms in total. The second-order valence-electron chi connectivity index (χ2n) is 15.8. The smallest absolute Gasteiger partial charge is 0.238 e. The second-order valence-corrected chi connectivity index (χ2v) is 15.8. The number of fused-ring (bicyclic) bond motifs is 5. The van der Waals surface area contributed by atoms with E-state index in [1.807, 2.05) is 42.5 Å². The molecule has 288 valence electrons. The zero-order chi connectivity index (χ0) is 40.5. The first-order chi connectivity index (χ1) is 28.7. The largest absolute Gasteiger partial charge is 0.507 e. The molecular formula is C50H36N2O7. The summed E-state index contributed by atoms with van der Waals surface area (Å²) in [4.78, 5) is 86.8. The lowest BCUT2D eigenvalue weighted by Crippen LogP contribution is -2.43. The molecule has 4 aliphatic rings. The second kappa shape index (κ2) is 14.0. The summed E-state index contributed by atoms with van der Waals surface area (Å²) in [5.41, 5.74) is 3.78. The van der Waals surface area contributed by atoms with Gasteiger partial charge < -0.3 is 5.11 Å². The third-order valence-electron chi connectivity index (χ3n) is 12.8. The summed E-state index contributed by atoms with van der Waals surface area (Å²) < 4.78 is 0. The van der Waals surface area contributed by atoms with E-state index in [0.29, 0.717) is 44.6 Å². The first kappa shape index (κ1) is 36.1. The number of ketones is 2. The zero-order valence-corrected chi connectivity index (χ0v) is 31.6. The van der Waals surface area contributed by atoms with Gasteiger partial charge in [-0.2, -0.15) is 0 Å². The van der Waals surface area contributed by atoms with Crippen LogP contribution >= 0.6 is 0 Å². The molecule has 2 aliphatic heterocycles. The van der Waals surface area contributed by atoms with Gasteiger partial charge in [0.15, 0.2) is 11.6 Å². The number of imide groups is 2. The van der Waals surface area contributed by atoms with Crippen LogP contribution in [0.2, 0.25) is 0 Å². The van der Waals surface area contributed by atoms with E-state index in [-0.39, 0.29) is 36.1 Å². The van der Waals surface area contributed by atoms with Crippen LogP contribution in [0.4, 0.5) is 11.4 Å². The number of phenols is 1. The van der Waals surface area contributed by atoms with Crippen LogP contribution < -0.4 is 9.80 Å². The maximum Gasteiger partial charge on any atom is 0.238 e. The van der Waals surface area contributed by atoms with Crippen molar-refractivity contribution in [2.45, 2.75) is 18.8 Å². The van der Waals surface area contributed by atoms with Crippen molar-refractivity contribution in [3.05, 3.63) is 185 Å². The van der Waals surface area contributed by atoms with Crippen molar-refractivity contribution in [2.24, 2.45) is 29.6 Å². The molecule has 0 bridgehead atoms. The topological polar surface area (TPSA) is 129 Å². The summed E-state index contributed by atoms with van der Waals surface area (Å²) in [6.07, 6.45) is 2.35. The van der Waals surface area contributed by atoms with Gasteiger partial charge in [-0.1, -0.05) is 109 Å². The third kappa shape index (κ3) is 5.67. The number of amides is 4. The minimum Gasteiger partial charge on any atom is -0.507 e. The standard InChI is InChI=1S/C50H36N2O7/c53-44(29-10-3-1-4-11-29)31-15-20-33(21-16-31)51-47(56)38-26-25-36-39(42(38)49(51)58)27-40-43(41(36)37-24-19-28-9-7-8-14-35(28)46(37)55)50(59)52(48(40)57)34-22-17-32(18-23-34)45(54)30-12-5-2-6-13-30/h1-25,38-43,55H,26-27H2. The summed E-state index contributed by atoms with van der Waals surface area (Å²) >= 11 is 0. The number of nitrogens with zero attached hydrogens (tertiary/aromatic N) is 2. The molecule has 3 fully saturated rings. The lowest BCUT2D eigenvalue weighted by atomic mass is 9.57. The summed E-state index contributed by atoms with van der Waals surface area (Å²) in [6.45, 7) is 0. The number of aromatic hydroxyl groups is 1. The van der Waals surface area contributed by atoms with Gasteiger partial charge in [0.25, 0.3) is 0 Å². The molecule has 9 heteroatoms. The average molecular weight is 777 g/mol. The quantitative estimate of drug-likeness (QED) is 0.0987. The molecule has 0 aromatic heterocycles. The van der Waals surface area contributed by atoms with Crippen LogP contribution in [0, 0.1) is 29.6 Å². The molecule has 2 aliphatic carbocycles. The number of benzene rings is 6. The van der Waals surface area contributed by atoms with E-state index in [0.717, 1.165) is 11.0 Å². The SMILES string of the molecule is O=C(c1ccccc1)c1ccc(N2C(=O)C3CC=C4C(CC5C(=O)N(c6ccc(C(=O)c7ccccc7)cc6)C(=O)C5C4c4ccc5ccccc5c4O)C3C2=O)cc1. The molecule has 6 aromatic rings. The minimum atomic E-state index is -0.891. The highest BCUT2D eigenvalue weighted by atomic mass is 16.3. The molecule has 1 N–H and O–H groups in total.